The van der Waals surface area contributed by atoms with Crippen LogP contribution in [0.25, 0.3) is 0 Å². The Morgan fingerprint density at radius 3 is 2.46 bits per heavy atom. The Morgan fingerprint density at radius 1 is 1.07 bits per heavy atom. The minimum Gasteiger partial charge on any atom is -0.349 e. The molecule has 2 aromatic rings. The van der Waals surface area contributed by atoms with E-state index in [2.05, 4.69) is 17.0 Å². The number of quaternary nitrogens is 1. The fourth-order valence-corrected chi connectivity index (χ4v) is 4.65. The van der Waals surface area contributed by atoms with Crippen molar-refractivity contribution in [1.82, 2.24) is 5.32 Å². The molecule has 1 aliphatic rings. The van der Waals surface area contributed by atoms with Crippen LogP contribution < -0.4 is 14.9 Å². The molecule has 2 aromatic carbocycles. The molecule has 1 fully saturated rings. The molecule has 1 heterocycles. The Bertz CT molecular complexity index is 892. The van der Waals surface area contributed by atoms with Gasteiger partial charge in [0.15, 0.2) is 0 Å². The van der Waals surface area contributed by atoms with Gasteiger partial charge in [0, 0.05) is 30.1 Å². The SMILES string of the molecule is CCC[NH+]1CCC(NC(=O)c2cccc(NS(=O)(=O)c3ccccc3)c2)CC1. The first-order chi connectivity index (χ1) is 13.5. The Morgan fingerprint density at radius 2 is 1.79 bits per heavy atom. The largest absolute Gasteiger partial charge is 0.349 e. The Labute approximate surface area is 167 Å². The molecule has 0 spiro atoms. The van der Waals surface area contributed by atoms with Gasteiger partial charge in [0.1, 0.15) is 0 Å². The highest BCUT2D eigenvalue weighted by atomic mass is 32.2. The van der Waals surface area contributed by atoms with E-state index in [-0.39, 0.29) is 16.8 Å². The van der Waals surface area contributed by atoms with Crippen LogP contribution in [0, 0.1) is 0 Å². The average molecular weight is 403 g/mol. The van der Waals surface area contributed by atoms with Gasteiger partial charge in [-0.3, -0.25) is 9.52 Å². The summed E-state index contributed by atoms with van der Waals surface area (Å²) in [6.07, 6.45) is 3.13. The molecule has 0 radical (unpaired) electrons. The van der Waals surface area contributed by atoms with Crippen molar-refractivity contribution in [3.63, 3.8) is 0 Å². The third-order valence-electron chi connectivity index (χ3n) is 5.06. The Hall–Kier alpha value is -2.38. The summed E-state index contributed by atoms with van der Waals surface area (Å²) in [6.45, 7) is 5.54. The first kappa shape index (κ1) is 20.4. The molecule has 0 atom stereocenters. The molecule has 0 aromatic heterocycles. The first-order valence-electron chi connectivity index (χ1n) is 9.80. The lowest BCUT2D eigenvalue weighted by atomic mass is 10.0. The summed E-state index contributed by atoms with van der Waals surface area (Å²) in [7, 11) is -3.68. The van der Waals surface area contributed by atoms with E-state index >= 15 is 0 Å². The number of carbonyl (C=O) groups is 1. The lowest BCUT2D eigenvalue weighted by Crippen LogP contribution is -3.13. The molecule has 1 amide bonds. The molecular weight excluding hydrogens is 374 g/mol. The van der Waals surface area contributed by atoms with E-state index in [0.29, 0.717) is 11.3 Å². The molecule has 150 valence electrons. The standard InChI is InChI=1S/C21H27N3O3S/c1-2-13-24-14-11-18(12-15-24)22-21(25)17-7-6-8-19(16-17)23-28(26,27)20-9-4-3-5-10-20/h3-10,16,18,23H,2,11-15H2,1H3,(H,22,25)/p+1. The zero-order valence-corrected chi connectivity index (χ0v) is 17.0. The topological polar surface area (TPSA) is 79.7 Å². The van der Waals surface area contributed by atoms with Crippen LogP contribution in [0.5, 0.6) is 0 Å². The van der Waals surface area contributed by atoms with E-state index in [1.807, 2.05) is 0 Å². The second-order valence-electron chi connectivity index (χ2n) is 7.25. The molecule has 7 heteroatoms. The van der Waals surface area contributed by atoms with Crippen LogP contribution in [-0.4, -0.2) is 40.0 Å². The quantitative estimate of drug-likeness (QED) is 0.659. The van der Waals surface area contributed by atoms with Crippen molar-refractivity contribution >= 4 is 21.6 Å². The fraction of sp³-hybridized carbons (Fsp3) is 0.381. The van der Waals surface area contributed by atoms with Gasteiger partial charge in [0.25, 0.3) is 15.9 Å². The predicted octanol–water partition coefficient (Wildman–Crippen LogP) is 1.67. The summed E-state index contributed by atoms with van der Waals surface area (Å²) >= 11 is 0. The van der Waals surface area contributed by atoms with Gasteiger partial charge in [-0.2, -0.15) is 0 Å². The number of anilines is 1. The van der Waals surface area contributed by atoms with E-state index in [4.69, 9.17) is 0 Å². The number of rotatable bonds is 7. The fourth-order valence-electron chi connectivity index (χ4n) is 3.58. The van der Waals surface area contributed by atoms with Crippen molar-refractivity contribution in [2.45, 2.75) is 37.1 Å². The van der Waals surface area contributed by atoms with Crippen LogP contribution in [0.3, 0.4) is 0 Å². The second-order valence-corrected chi connectivity index (χ2v) is 8.93. The van der Waals surface area contributed by atoms with Crippen LogP contribution >= 0.6 is 0 Å². The molecule has 3 rings (SSSR count). The number of hydrogen-bond donors (Lipinski definition) is 3. The Kier molecular flexibility index (Phi) is 6.70. The van der Waals surface area contributed by atoms with Crippen molar-refractivity contribution < 1.29 is 18.1 Å². The predicted molar refractivity (Wildman–Crippen MR) is 110 cm³/mol. The van der Waals surface area contributed by atoms with Crippen LogP contribution in [-0.2, 0) is 10.0 Å². The second kappa shape index (κ2) is 9.21. The van der Waals surface area contributed by atoms with Crippen molar-refractivity contribution in [2.24, 2.45) is 0 Å². The molecule has 1 saturated heterocycles. The number of amides is 1. The summed E-state index contributed by atoms with van der Waals surface area (Å²) in [5.41, 5.74) is 0.829. The lowest BCUT2D eigenvalue weighted by Gasteiger charge is -2.29. The maximum absolute atomic E-state index is 12.6. The van der Waals surface area contributed by atoms with Crippen LogP contribution in [0.15, 0.2) is 59.5 Å². The molecule has 3 N–H and O–H groups in total. The third-order valence-corrected chi connectivity index (χ3v) is 6.46. The zero-order valence-electron chi connectivity index (χ0n) is 16.1. The highest BCUT2D eigenvalue weighted by molar-refractivity contribution is 7.92. The average Bonchev–Trinajstić information content (AvgIpc) is 2.70. The van der Waals surface area contributed by atoms with Gasteiger partial charge in [0.2, 0.25) is 0 Å². The number of hydrogen-bond acceptors (Lipinski definition) is 3. The van der Waals surface area contributed by atoms with E-state index in [9.17, 15) is 13.2 Å². The summed E-state index contributed by atoms with van der Waals surface area (Å²) in [5, 5.41) is 3.09. The van der Waals surface area contributed by atoms with Crippen molar-refractivity contribution in [2.75, 3.05) is 24.4 Å². The number of nitrogens with one attached hydrogen (secondary N) is 3. The number of benzene rings is 2. The highest BCUT2D eigenvalue weighted by Crippen LogP contribution is 2.17. The normalized spacial score (nSPS) is 19.8. The summed E-state index contributed by atoms with van der Waals surface area (Å²) < 4.78 is 27.5. The smallest absolute Gasteiger partial charge is 0.261 e. The maximum atomic E-state index is 12.6. The number of sulfonamides is 1. The minimum atomic E-state index is -3.68. The van der Waals surface area contributed by atoms with Crippen LogP contribution in [0.1, 0.15) is 36.5 Å². The molecule has 6 nitrogen and oxygen atoms in total. The number of piperidine rings is 1. The number of likely N-dealkylation sites (tertiary alicyclic amines) is 1. The minimum absolute atomic E-state index is 0.162. The van der Waals surface area contributed by atoms with E-state index in [1.54, 1.807) is 47.4 Å². The van der Waals surface area contributed by atoms with Crippen LogP contribution in [0.2, 0.25) is 0 Å². The first-order valence-corrected chi connectivity index (χ1v) is 11.3. The van der Waals surface area contributed by atoms with Gasteiger partial charge in [0.05, 0.1) is 24.5 Å². The number of carbonyl (C=O) groups excluding carboxylic acids is 1. The third kappa shape index (κ3) is 5.33. The van der Waals surface area contributed by atoms with Crippen molar-refractivity contribution in [1.29, 1.82) is 0 Å². The van der Waals surface area contributed by atoms with E-state index in [1.165, 1.54) is 25.1 Å². The lowest BCUT2D eigenvalue weighted by molar-refractivity contribution is -0.905. The molecule has 0 aliphatic carbocycles. The molecule has 28 heavy (non-hydrogen) atoms. The summed E-state index contributed by atoms with van der Waals surface area (Å²) in [5.74, 6) is -0.162. The van der Waals surface area contributed by atoms with Gasteiger partial charge in [-0.05, 0) is 36.8 Å². The van der Waals surface area contributed by atoms with Crippen molar-refractivity contribution in [3.05, 3.63) is 60.2 Å². The van der Waals surface area contributed by atoms with E-state index in [0.717, 1.165) is 25.9 Å². The summed E-state index contributed by atoms with van der Waals surface area (Å²) in [4.78, 5) is 14.4. The molecule has 0 saturated carbocycles. The Balaban J connectivity index is 1.62. The molecule has 0 bridgehead atoms. The molecular formula is C21H28N3O3S+. The monoisotopic (exact) mass is 402 g/mol. The highest BCUT2D eigenvalue weighted by Gasteiger charge is 2.23. The molecule has 0 unspecified atom stereocenters. The van der Waals surface area contributed by atoms with Gasteiger partial charge in [-0.1, -0.05) is 31.2 Å². The molecule has 1 aliphatic heterocycles. The van der Waals surface area contributed by atoms with Crippen LogP contribution in [0.4, 0.5) is 5.69 Å². The summed E-state index contributed by atoms with van der Waals surface area (Å²) in [6, 6.07) is 15.0. The van der Waals surface area contributed by atoms with Gasteiger partial charge in [-0.25, -0.2) is 8.42 Å². The van der Waals surface area contributed by atoms with Gasteiger partial charge >= 0.3 is 0 Å². The van der Waals surface area contributed by atoms with Gasteiger partial charge in [-0.15, -0.1) is 0 Å². The zero-order chi connectivity index (χ0) is 20.0. The van der Waals surface area contributed by atoms with Gasteiger partial charge < -0.3 is 10.2 Å². The van der Waals surface area contributed by atoms with Crippen molar-refractivity contribution in [3.8, 4) is 0 Å². The van der Waals surface area contributed by atoms with E-state index < -0.39 is 10.0 Å². The maximum Gasteiger partial charge on any atom is 0.261 e.